The van der Waals surface area contributed by atoms with Gasteiger partial charge in [0.2, 0.25) is 0 Å². The summed E-state index contributed by atoms with van der Waals surface area (Å²) in [5, 5.41) is 0.613. The lowest BCUT2D eigenvalue weighted by atomic mass is 10.0. The van der Waals surface area contributed by atoms with Gasteiger partial charge in [-0.25, -0.2) is 0 Å². The molecule has 0 heterocycles. The molecule has 276 valence electrons. The molecule has 0 unspecified atom stereocenters. The van der Waals surface area contributed by atoms with Gasteiger partial charge in [0.1, 0.15) is 0 Å². The summed E-state index contributed by atoms with van der Waals surface area (Å²) < 4.78 is 0. The molecule has 0 saturated carbocycles. The maximum atomic E-state index is 7.74. The molecule has 0 aliphatic rings. The molecule has 0 radical (unpaired) electrons. The molecule has 0 aliphatic heterocycles. The van der Waals surface area contributed by atoms with Gasteiger partial charge in [-0.2, -0.15) is 0 Å². The van der Waals surface area contributed by atoms with E-state index in [1.165, 1.54) is 11.1 Å². The first kappa shape index (κ1) is 36.1. The van der Waals surface area contributed by atoms with Crippen LogP contribution in [0.25, 0.3) is 22.3 Å². The minimum atomic E-state index is 0.613. The van der Waals surface area contributed by atoms with Gasteiger partial charge in [0, 0.05) is 34.1 Å². The van der Waals surface area contributed by atoms with Gasteiger partial charge < -0.3 is 14.7 Å². The third kappa shape index (κ3) is 7.53. The molecule has 0 saturated heterocycles. The van der Waals surface area contributed by atoms with Crippen LogP contribution in [0.3, 0.4) is 0 Å². The SMILES string of the molecule is Clc1c(N(c2ccc(-c3ccccc3)cc2)c2ccc(-c3ccccc3)cc2)cccc1N(c1ccccc1)c1cccc(N(c2c#cccc2)c2ccccc2)c1. The van der Waals surface area contributed by atoms with Gasteiger partial charge in [-0.15, -0.1) is 0 Å². The van der Waals surface area contributed by atoms with Gasteiger partial charge in [0.15, 0.2) is 0 Å². The molecule has 3 nitrogen and oxygen atoms in total. The van der Waals surface area contributed by atoms with E-state index in [0.717, 1.165) is 62.3 Å². The monoisotopic (exact) mass is 763 g/mol. The van der Waals surface area contributed by atoms with Crippen LogP contribution in [0.15, 0.2) is 231 Å². The van der Waals surface area contributed by atoms with Crippen LogP contribution in [0.2, 0.25) is 5.02 Å². The summed E-state index contributed by atoms with van der Waals surface area (Å²) >= 11 is 7.74. The second-order valence-electron chi connectivity index (χ2n) is 13.8. The van der Waals surface area contributed by atoms with Gasteiger partial charge in [-0.1, -0.05) is 157 Å². The number of halogens is 1. The Hall–Kier alpha value is -7.51. The first-order valence-corrected chi connectivity index (χ1v) is 19.7. The molecule has 0 fully saturated rings. The van der Waals surface area contributed by atoms with Crippen LogP contribution in [0.4, 0.5) is 51.2 Å². The molecule has 0 amide bonds. The molecular formula is C54H38ClN3. The Morgan fingerprint density at radius 3 is 1.17 bits per heavy atom. The minimum Gasteiger partial charge on any atom is -0.309 e. The van der Waals surface area contributed by atoms with Crippen LogP contribution < -0.4 is 14.7 Å². The molecule has 0 aliphatic carbocycles. The summed E-state index contributed by atoms with van der Waals surface area (Å²) in [5.41, 5.74) is 13.2. The Morgan fingerprint density at radius 1 is 0.310 bits per heavy atom. The second kappa shape index (κ2) is 16.7. The maximum Gasteiger partial charge on any atom is 0.0973 e. The summed E-state index contributed by atoms with van der Waals surface area (Å²) in [6, 6.07) is 86.3. The standard InChI is InChI=1S/C54H38ClN3/c55-54-52(57(48-36-32-43(33-37-48)41-18-6-1-7-19-41)49-38-34-44(35-39-49)42-20-8-2-9-21-42)30-17-31-53(54)58(47-26-14-5-15-27-47)51-29-16-28-50(40-51)56(45-22-10-3-11-23-45)46-24-12-4-13-25-46/h1-12,14-24,26-40H. The molecule has 0 atom stereocenters. The van der Waals surface area contributed by atoms with E-state index in [9.17, 15) is 0 Å². The van der Waals surface area contributed by atoms with Crippen molar-refractivity contribution in [2.75, 3.05) is 14.7 Å². The Bertz CT molecular complexity index is 2580. The van der Waals surface area contributed by atoms with Crippen molar-refractivity contribution in [1.29, 1.82) is 0 Å². The van der Waals surface area contributed by atoms with Crippen molar-refractivity contribution >= 4 is 62.8 Å². The number of hydrogen-bond donors (Lipinski definition) is 0. The van der Waals surface area contributed by atoms with E-state index in [2.05, 4.69) is 221 Å². The Morgan fingerprint density at radius 2 is 0.690 bits per heavy atom. The highest BCUT2D eigenvalue weighted by molar-refractivity contribution is 6.36. The van der Waals surface area contributed by atoms with Crippen molar-refractivity contribution in [3.63, 3.8) is 0 Å². The Kier molecular flexibility index (Phi) is 10.4. The van der Waals surface area contributed by atoms with E-state index in [-0.39, 0.29) is 0 Å². The minimum absolute atomic E-state index is 0.613. The first-order chi connectivity index (χ1) is 28.7. The lowest BCUT2D eigenvalue weighted by Gasteiger charge is -2.32. The van der Waals surface area contributed by atoms with Gasteiger partial charge in [0.05, 0.1) is 22.1 Å². The molecule has 9 rings (SSSR count). The van der Waals surface area contributed by atoms with E-state index in [1.807, 2.05) is 36.4 Å². The molecule has 0 aromatic heterocycles. The van der Waals surface area contributed by atoms with Crippen molar-refractivity contribution in [2.24, 2.45) is 0 Å². The highest BCUT2D eigenvalue weighted by Gasteiger charge is 2.23. The largest absolute Gasteiger partial charge is 0.309 e. The lowest BCUT2D eigenvalue weighted by molar-refractivity contribution is 1.24. The fourth-order valence-electron chi connectivity index (χ4n) is 7.40. The summed E-state index contributed by atoms with van der Waals surface area (Å²) in [6.07, 6.45) is 0. The Labute approximate surface area is 345 Å². The molecule has 9 aromatic carbocycles. The topological polar surface area (TPSA) is 9.72 Å². The van der Waals surface area contributed by atoms with Crippen molar-refractivity contribution in [1.82, 2.24) is 0 Å². The summed E-state index contributed by atoms with van der Waals surface area (Å²) in [4.78, 5) is 6.67. The fourth-order valence-corrected chi connectivity index (χ4v) is 7.70. The number of benzene rings is 8. The van der Waals surface area contributed by atoms with E-state index < -0.39 is 0 Å². The van der Waals surface area contributed by atoms with Crippen LogP contribution in [0, 0.1) is 12.1 Å². The molecule has 58 heavy (non-hydrogen) atoms. The fraction of sp³-hybridized carbons (Fsp3) is 0. The molecule has 0 bridgehead atoms. The summed E-state index contributed by atoms with van der Waals surface area (Å²) in [6.45, 7) is 0. The molecule has 0 N–H and O–H groups in total. The van der Waals surface area contributed by atoms with Crippen molar-refractivity contribution in [3.05, 3.63) is 248 Å². The zero-order chi connectivity index (χ0) is 39.1. The van der Waals surface area contributed by atoms with Gasteiger partial charge >= 0.3 is 0 Å². The number of hydrogen-bond acceptors (Lipinski definition) is 3. The number of nitrogens with zero attached hydrogens (tertiary/aromatic N) is 3. The lowest BCUT2D eigenvalue weighted by Crippen LogP contribution is -2.15. The molecular weight excluding hydrogens is 726 g/mol. The zero-order valence-electron chi connectivity index (χ0n) is 31.7. The van der Waals surface area contributed by atoms with Crippen molar-refractivity contribution < 1.29 is 0 Å². The molecule has 4 heteroatoms. The molecule has 9 aromatic rings. The maximum absolute atomic E-state index is 7.74. The first-order valence-electron chi connectivity index (χ1n) is 19.3. The highest BCUT2D eigenvalue weighted by atomic mass is 35.5. The quantitative estimate of drug-likeness (QED) is 0.130. The van der Waals surface area contributed by atoms with E-state index >= 15 is 0 Å². The van der Waals surface area contributed by atoms with Crippen LogP contribution >= 0.6 is 11.6 Å². The van der Waals surface area contributed by atoms with Crippen molar-refractivity contribution in [2.45, 2.75) is 0 Å². The number of rotatable bonds is 11. The number of anilines is 9. The summed E-state index contributed by atoms with van der Waals surface area (Å²) in [5.74, 6) is 0. The van der Waals surface area contributed by atoms with E-state index in [1.54, 1.807) is 0 Å². The van der Waals surface area contributed by atoms with Gasteiger partial charge in [-0.3, -0.25) is 0 Å². The average molecular weight is 764 g/mol. The van der Waals surface area contributed by atoms with Crippen molar-refractivity contribution in [3.8, 4) is 22.3 Å². The number of para-hydroxylation sites is 2. The van der Waals surface area contributed by atoms with Crippen LogP contribution in [0.1, 0.15) is 0 Å². The third-order valence-electron chi connectivity index (χ3n) is 10.2. The highest BCUT2D eigenvalue weighted by Crippen LogP contribution is 2.48. The Balaban J connectivity index is 1.18. The van der Waals surface area contributed by atoms with Gasteiger partial charge in [-0.05, 0) is 119 Å². The van der Waals surface area contributed by atoms with Crippen LogP contribution in [-0.4, -0.2) is 0 Å². The second-order valence-corrected chi connectivity index (χ2v) is 14.2. The smallest absolute Gasteiger partial charge is 0.0973 e. The van der Waals surface area contributed by atoms with Crippen LogP contribution in [-0.2, 0) is 0 Å². The zero-order valence-corrected chi connectivity index (χ0v) is 32.4. The predicted octanol–water partition coefficient (Wildman–Crippen LogP) is 15.7. The average Bonchev–Trinajstić information content (AvgIpc) is 3.30. The summed E-state index contributed by atoms with van der Waals surface area (Å²) in [7, 11) is 0. The van der Waals surface area contributed by atoms with Gasteiger partial charge in [0.25, 0.3) is 0 Å². The van der Waals surface area contributed by atoms with E-state index in [4.69, 9.17) is 11.6 Å². The van der Waals surface area contributed by atoms with Crippen LogP contribution in [0.5, 0.6) is 0 Å². The molecule has 0 spiro atoms. The normalized spacial score (nSPS) is 10.7. The van der Waals surface area contributed by atoms with E-state index in [0.29, 0.717) is 5.02 Å². The predicted molar refractivity (Wildman–Crippen MR) is 244 cm³/mol. The third-order valence-corrected chi connectivity index (χ3v) is 10.5.